The number of carbonyl (C=O) groups is 1. The second-order valence-electron chi connectivity index (χ2n) is 3.78. The second-order valence-corrected chi connectivity index (χ2v) is 3.78. The summed E-state index contributed by atoms with van der Waals surface area (Å²) < 4.78 is 11.2. The monoisotopic (exact) mass is 262 g/mol. The van der Waals surface area contributed by atoms with Crippen LogP contribution in [0.4, 0.5) is 5.82 Å². The van der Waals surface area contributed by atoms with E-state index in [1.807, 2.05) is 0 Å². The van der Waals surface area contributed by atoms with Crippen LogP contribution in [0.1, 0.15) is 16.3 Å². The van der Waals surface area contributed by atoms with E-state index in [9.17, 15) is 4.79 Å². The Morgan fingerprint density at radius 3 is 2.63 bits per heavy atom. The van der Waals surface area contributed by atoms with Gasteiger partial charge in [-0.15, -0.1) is 0 Å². The first-order valence-corrected chi connectivity index (χ1v) is 5.52. The summed E-state index contributed by atoms with van der Waals surface area (Å²) >= 11 is 0. The maximum absolute atomic E-state index is 11.5. The third-order valence-electron chi connectivity index (χ3n) is 2.65. The summed E-state index contributed by atoms with van der Waals surface area (Å²) in [5, 5.41) is 0. The van der Waals surface area contributed by atoms with Crippen LogP contribution in [0.3, 0.4) is 0 Å². The average Bonchev–Trinajstić information content (AvgIpc) is 2.73. The zero-order chi connectivity index (χ0) is 14.0. The quantitative estimate of drug-likeness (QED) is 0.828. The summed E-state index contributed by atoms with van der Waals surface area (Å²) in [6.45, 7) is 1.74. The molecule has 0 radical (unpaired) electrons. The number of nitrogen functional groups attached to an aromatic ring is 1. The molecule has 0 spiro atoms. The van der Waals surface area contributed by atoms with Gasteiger partial charge in [-0.2, -0.15) is 0 Å². The highest BCUT2D eigenvalue weighted by molar-refractivity contribution is 5.92. The van der Waals surface area contributed by atoms with Crippen LogP contribution in [0.5, 0.6) is 5.88 Å². The predicted octanol–water partition coefficient (Wildman–Crippen LogP) is 0.953. The lowest BCUT2D eigenvalue weighted by molar-refractivity contribution is 0.0596. The van der Waals surface area contributed by atoms with Gasteiger partial charge in [-0.1, -0.05) is 0 Å². The lowest BCUT2D eigenvalue weighted by Gasteiger charge is -2.07. The van der Waals surface area contributed by atoms with Crippen molar-refractivity contribution in [2.45, 2.75) is 6.92 Å². The minimum Gasteiger partial charge on any atom is -0.481 e. The fraction of sp³-hybridized carbons (Fsp3) is 0.250. The second kappa shape index (κ2) is 4.97. The number of methoxy groups -OCH3 is 2. The Labute approximate surface area is 110 Å². The number of nitrogens with two attached hydrogens (primary N) is 1. The minimum absolute atomic E-state index is 0.0934. The molecule has 0 atom stereocenters. The number of imidazole rings is 1. The van der Waals surface area contributed by atoms with Gasteiger partial charge in [0.05, 0.1) is 26.1 Å². The molecule has 0 aliphatic rings. The number of hydrogen-bond acceptors (Lipinski definition) is 6. The van der Waals surface area contributed by atoms with Gasteiger partial charge in [0.15, 0.2) is 5.69 Å². The highest BCUT2D eigenvalue weighted by Gasteiger charge is 2.20. The van der Waals surface area contributed by atoms with E-state index in [2.05, 4.69) is 14.7 Å². The molecule has 0 aliphatic carbocycles. The summed E-state index contributed by atoms with van der Waals surface area (Å²) in [6, 6.07) is 3.48. The van der Waals surface area contributed by atoms with E-state index in [1.165, 1.54) is 14.2 Å². The SMILES string of the molecule is COC(=O)c1nc(C)n(-c2ccc(OC)nc2)c1N. The summed E-state index contributed by atoms with van der Waals surface area (Å²) in [4.78, 5) is 19.7. The summed E-state index contributed by atoms with van der Waals surface area (Å²) in [5.74, 6) is 0.718. The molecule has 2 N–H and O–H groups in total. The van der Waals surface area contributed by atoms with Gasteiger partial charge >= 0.3 is 5.97 Å². The molecular formula is C12H14N4O3. The molecule has 0 aliphatic heterocycles. The first-order chi connectivity index (χ1) is 9.08. The summed E-state index contributed by atoms with van der Waals surface area (Å²) in [6.07, 6.45) is 1.59. The molecular weight excluding hydrogens is 248 g/mol. The van der Waals surface area contributed by atoms with Crippen LogP contribution in [-0.2, 0) is 4.74 Å². The first-order valence-electron chi connectivity index (χ1n) is 5.52. The molecule has 0 saturated heterocycles. The lowest BCUT2D eigenvalue weighted by Crippen LogP contribution is -2.08. The van der Waals surface area contributed by atoms with Crippen molar-refractivity contribution in [2.75, 3.05) is 20.0 Å². The van der Waals surface area contributed by atoms with Gasteiger partial charge < -0.3 is 15.2 Å². The summed E-state index contributed by atoms with van der Waals surface area (Å²) in [5.41, 5.74) is 6.71. The molecule has 7 nitrogen and oxygen atoms in total. The van der Waals surface area contributed by atoms with Crippen molar-refractivity contribution >= 4 is 11.8 Å². The van der Waals surface area contributed by atoms with Gasteiger partial charge in [0.25, 0.3) is 0 Å². The Balaban J connectivity index is 2.49. The topological polar surface area (TPSA) is 92.3 Å². The molecule has 7 heteroatoms. The largest absolute Gasteiger partial charge is 0.481 e. The van der Waals surface area contributed by atoms with Gasteiger partial charge in [0.2, 0.25) is 5.88 Å². The molecule has 100 valence electrons. The maximum atomic E-state index is 11.5. The van der Waals surface area contributed by atoms with Crippen LogP contribution in [-0.4, -0.2) is 34.7 Å². The third-order valence-corrected chi connectivity index (χ3v) is 2.65. The van der Waals surface area contributed by atoms with Crippen LogP contribution >= 0.6 is 0 Å². The number of pyridine rings is 1. The molecule has 0 amide bonds. The lowest BCUT2D eigenvalue weighted by atomic mass is 10.4. The molecule has 0 bridgehead atoms. The molecule has 2 aromatic heterocycles. The number of ether oxygens (including phenoxy) is 2. The Morgan fingerprint density at radius 2 is 2.11 bits per heavy atom. The smallest absolute Gasteiger partial charge is 0.360 e. The number of anilines is 1. The Morgan fingerprint density at radius 1 is 1.37 bits per heavy atom. The fourth-order valence-electron chi connectivity index (χ4n) is 1.75. The third kappa shape index (κ3) is 2.22. The van der Waals surface area contributed by atoms with E-state index in [1.54, 1.807) is 29.8 Å². The van der Waals surface area contributed by atoms with E-state index < -0.39 is 5.97 Å². The molecule has 19 heavy (non-hydrogen) atoms. The number of carbonyl (C=O) groups excluding carboxylic acids is 1. The zero-order valence-corrected chi connectivity index (χ0v) is 10.9. The predicted molar refractivity (Wildman–Crippen MR) is 68.4 cm³/mol. The first kappa shape index (κ1) is 12.9. The number of aromatic nitrogens is 3. The number of hydrogen-bond donors (Lipinski definition) is 1. The average molecular weight is 262 g/mol. The van der Waals surface area contributed by atoms with Crippen molar-refractivity contribution < 1.29 is 14.3 Å². The van der Waals surface area contributed by atoms with E-state index in [-0.39, 0.29) is 11.5 Å². The van der Waals surface area contributed by atoms with E-state index in [0.29, 0.717) is 17.4 Å². The van der Waals surface area contributed by atoms with Crippen molar-refractivity contribution in [2.24, 2.45) is 0 Å². The van der Waals surface area contributed by atoms with Crippen LogP contribution in [0, 0.1) is 6.92 Å². The van der Waals surface area contributed by atoms with E-state index in [4.69, 9.17) is 10.5 Å². The van der Waals surface area contributed by atoms with Gasteiger partial charge in [0, 0.05) is 6.07 Å². The maximum Gasteiger partial charge on any atom is 0.360 e. The number of nitrogens with zero attached hydrogens (tertiary/aromatic N) is 3. The van der Waals surface area contributed by atoms with Crippen molar-refractivity contribution in [1.29, 1.82) is 0 Å². The summed E-state index contributed by atoms with van der Waals surface area (Å²) in [7, 11) is 2.82. The van der Waals surface area contributed by atoms with Crippen molar-refractivity contribution in [3.8, 4) is 11.6 Å². The molecule has 2 rings (SSSR count). The minimum atomic E-state index is -0.569. The molecule has 0 unspecified atom stereocenters. The normalized spacial score (nSPS) is 10.3. The standard InChI is InChI=1S/C12H14N4O3/c1-7-15-10(12(17)19-3)11(13)16(7)8-4-5-9(18-2)14-6-8/h4-6H,13H2,1-3H3. The Hall–Kier alpha value is -2.57. The molecule has 0 fully saturated rings. The fourth-order valence-corrected chi connectivity index (χ4v) is 1.75. The van der Waals surface area contributed by atoms with Crippen molar-refractivity contribution in [3.63, 3.8) is 0 Å². The molecule has 0 saturated carbocycles. The molecule has 2 heterocycles. The number of rotatable bonds is 3. The van der Waals surface area contributed by atoms with Crippen LogP contribution in [0.2, 0.25) is 0 Å². The van der Waals surface area contributed by atoms with Crippen molar-refractivity contribution in [1.82, 2.24) is 14.5 Å². The van der Waals surface area contributed by atoms with Gasteiger partial charge in [0.1, 0.15) is 11.6 Å². The number of esters is 1. The Bertz CT molecular complexity index is 604. The number of aryl methyl sites for hydroxylation is 1. The van der Waals surface area contributed by atoms with E-state index >= 15 is 0 Å². The van der Waals surface area contributed by atoms with Gasteiger partial charge in [-0.05, 0) is 13.0 Å². The zero-order valence-electron chi connectivity index (χ0n) is 10.9. The van der Waals surface area contributed by atoms with Crippen LogP contribution in [0.15, 0.2) is 18.3 Å². The molecule has 0 aromatic carbocycles. The van der Waals surface area contributed by atoms with Crippen LogP contribution < -0.4 is 10.5 Å². The molecule has 2 aromatic rings. The van der Waals surface area contributed by atoms with Crippen molar-refractivity contribution in [3.05, 3.63) is 29.8 Å². The highest BCUT2D eigenvalue weighted by atomic mass is 16.5. The van der Waals surface area contributed by atoms with Crippen LogP contribution in [0.25, 0.3) is 5.69 Å². The van der Waals surface area contributed by atoms with E-state index in [0.717, 1.165) is 0 Å². The van der Waals surface area contributed by atoms with Gasteiger partial charge in [-0.25, -0.2) is 14.8 Å². The van der Waals surface area contributed by atoms with Gasteiger partial charge in [-0.3, -0.25) is 4.57 Å². The Kier molecular flexibility index (Phi) is 3.37. The highest BCUT2D eigenvalue weighted by Crippen LogP contribution is 2.21.